The van der Waals surface area contributed by atoms with Gasteiger partial charge in [0.05, 0.1) is 12.8 Å². The summed E-state index contributed by atoms with van der Waals surface area (Å²) >= 11 is 1.51. The second-order valence-electron chi connectivity index (χ2n) is 5.85. The van der Waals surface area contributed by atoms with E-state index in [1.54, 1.807) is 6.21 Å². The van der Waals surface area contributed by atoms with Crippen molar-refractivity contribution in [3.05, 3.63) is 28.7 Å². The van der Waals surface area contributed by atoms with Gasteiger partial charge >= 0.3 is 0 Å². The van der Waals surface area contributed by atoms with Crippen molar-refractivity contribution in [3.8, 4) is 0 Å². The molecule has 0 bridgehead atoms. The average molecular weight is 391 g/mol. The first-order valence-electron chi connectivity index (χ1n) is 8.03. The van der Waals surface area contributed by atoms with Crippen molar-refractivity contribution in [3.63, 3.8) is 0 Å². The lowest BCUT2D eigenvalue weighted by atomic mass is 10.1. The van der Waals surface area contributed by atoms with Crippen molar-refractivity contribution in [1.29, 1.82) is 0 Å². The van der Waals surface area contributed by atoms with Gasteiger partial charge in [-0.1, -0.05) is 6.07 Å². The van der Waals surface area contributed by atoms with Crippen molar-refractivity contribution >= 4 is 40.5 Å². The number of aliphatic hydroxyl groups is 3. The van der Waals surface area contributed by atoms with Gasteiger partial charge in [0.15, 0.2) is 23.2 Å². The van der Waals surface area contributed by atoms with Crippen molar-refractivity contribution < 1.29 is 20.1 Å². The maximum absolute atomic E-state index is 10.4. The van der Waals surface area contributed by atoms with Crippen LogP contribution in [-0.4, -0.2) is 66.0 Å². The summed E-state index contributed by atoms with van der Waals surface area (Å²) in [6.07, 6.45) is -1.69. The molecule has 142 valence electrons. The Balaban J connectivity index is 1.74. The summed E-state index contributed by atoms with van der Waals surface area (Å²) in [5.74, 6) is 0.343. The van der Waals surface area contributed by atoms with Gasteiger partial charge in [0, 0.05) is 4.88 Å². The molecule has 11 nitrogen and oxygen atoms in total. The third kappa shape index (κ3) is 3.13. The van der Waals surface area contributed by atoms with Gasteiger partial charge in [-0.05, 0) is 11.4 Å². The van der Waals surface area contributed by atoms with Crippen LogP contribution >= 0.6 is 11.3 Å². The molecule has 4 rings (SSSR count). The van der Waals surface area contributed by atoms with E-state index in [9.17, 15) is 15.3 Å². The number of hydrazone groups is 1. The Kier molecular flexibility index (Phi) is 4.72. The Morgan fingerprint density at radius 2 is 2.22 bits per heavy atom. The lowest BCUT2D eigenvalue weighted by Gasteiger charge is -2.18. The first-order chi connectivity index (χ1) is 13.1. The van der Waals surface area contributed by atoms with Crippen LogP contribution in [0.15, 0.2) is 28.9 Å². The molecule has 0 radical (unpaired) electrons. The standard InChI is InChI=1S/C15H17N7O4S/c16-12-9-13(18-6-17-12)22(14-11(25)10(24)8(5-23)26-14)15(20-9)21-19-4-7-2-1-3-27-7/h1-4,6,8,10-11,14,23-25H,5H2,(H,20,21)(H2,16,17,18)/b19-4+/t8-,10-,11-,14-/m0/s1. The molecule has 0 saturated carbocycles. The lowest BCUT2D eigenvalue weighted by molar-refractivity contribution is -0.0501. The molecule has 0 spiro atoms. The summed E-state index contributed by atoms with van der Waals surface area (Å²) in [5.41, 5.74) is 9.25. The molecule has 4 heterocycles. The molecule has 3 aromatic rings. The van der Waals surface area contributed by atoms with Crippen LogP contribution in [0.4, 0.5) is 11.8 Å². The summed E-state index contributed by atoms with van der Waals surface area (Å²) < 4.78 is 7.04. The Labute approximate surface area is 156 Å². The van der Waals surface area contributed by atoms with Crippen molar-refractivity contribution in [1.82, 2.24) is 19.5 Å². The lowest BCUT2D eigenvalue weighted by Crippen LogP contribution is -2.33. The monoisotopic (exact) mass is 391 g/mol. The number of anilines is 2. The molecule has 0 amide bonds. The Morgan fingerprint density at radius 3 is 2.93 bits per heavy atom. The number of nitrogens with two attached hydrogens (primary N) is 1. The summed E-state index contributed by atoms with van der Waals surface area (Å²) in [6.45, 7) is -0.447. The van der Waals surface area contributed by atoms with Crippen LogP contribution in [0.5, 0.6) is 0 Å². The Hall–Kier alpha value is -2.64. The number of imidazole rings is 1. The number of hydrogen-bond donors (Lipinski definition) is 5. The Bertz CT molecular complexity index is 961. The maximum atomic E-state index is 10.4. The third-order valence-corrected chi connectivity index (χ3v) is 4.98. The maximum Gasteiger partial charge on any atom is 0.228 e. The predicted octanol–water partition coefficient (Wildman–Crippen LogP) is -0.473. The molecule has 1 fully saturated rings. The SMILES string of the molecule is Nc1ncnc2c1nc(N/N=C/c1cccs1)n2[C@H]1O[C@@H](CO)[C@H](O)[C@@H]1O. The smallest absolute Gasteiger partial charge is 0.228 e. The third-order valence-electron chi connectivity index (χ3n) is 4.18. The van der Waals surface area contributed by atoms with Crippen LogP contribution in [-0.2, 0) is 4.74 Å². The minimum atomic E-state index is -1.31. The van der Waals surface area contributed by atoms with Crippen molar-refractivity contribution in [2.75, 3.05) is 17.8 Å². The number of rotatable bonds is 5. The van der Waals surface area contributed by atoms with Crippen LogP contribution in [0, 0.1) is 0 Å². The molecular formula is C15H17N7O4S. The molecule has 1 saturated heterocycles. The fraction of sp³-hybridized carbons (Fsp3) is 0.333. The predicted molar refractivity (Wildman–Crippen MR) is 98.3 cm³/mol. The average Bonchev–Trinajstić information content (AvgIpc) is 3.36. The van der Waals surface area contributed by atoms with Gasteiger partial charge in [-0.3, -0.25) is 4.57 Å². The van der Waals surface area contributed by atoms with E-state index in [-0.39, 0.29) is 11.8 Å². The van der Waals surface area contributed by atoms with Gasteiger partial charge in [-0.25, -0.2) is 20.4 Å². The van der Waals surface area contributed by atoms with E-state index in [1.165, 1.54) is 22.2 Å². The summed E-state index contributed by atoms with van der Waals surface area (Å²) in [5, 5.41) is 35.9. The molecule has 4 atom stereocenters. The highest BCUT2D eigenvalue weighted by Gasteiger charge is 2.45. The van der Waals surface area contributed by atoms with E-state index in [0.717, 1.165) is 4.88 Å². The highest BCUT2D eigenvalue weighted by molar-refractivity contribution is 7.11. The van der Waals surface area contributed by atoms with Crippen LogP contribution < -0.4 is 11.2 Å². The highest BCUT2D eigenvalue weighted by Crippen LogP contribution is 2.35. The number of nitrogens with zero attached hydrogens (tertiary/aromatic N) is 5. The van der Waals surface area contributed by atoms with E-state index < -0.39 is 31.1 Å². The number of thiophene rings is 1. The number of aliphatic hydroxyl groups excluding tert-OH is 3. The highest BCUT2D eigenvalue weighted by atomic mass is 32.1. The normalized spacial score (nSPS) is 25.6. The molecule has 1 aliphatic rings. The van der Waals surface area contributed by atoms with Crippen molar-refractivity contribution in [2.24, 2.45) is 5.10 Å². The largest absolute Gasteiger partial charge is 0.394 e. The van der Waals surface area contributed by atoms with Crippen LogP contribution in [0.25, 0.3) is 11.2 Å². The number of aromatic nitrogens is 4. The number of fused-ring (bicyclic) bond motifs is 1. The van der Waals surface area contributed by atoms with E-state index in [2.05, 4.69) is 25.5 Å². The van der Waals surface area contributed by atoms with Crippen LogP contribution in [0.3, 0.4) is 0 Å². The molecule has 27 heavy (non-hydrogen) atoms. The number of nitrogen functional groups attached to an aromatic ring is 1. The van der Waals surface area contributed by atoms with Gasteiger partial charge in [-0.15, -0.1) is 11.3 Å². The zero-order valence-corrected chi connectivity index (χ0v) is 14.7. The summed E-state index contributed by atoms with van der Waals surface area (Å²) in [6, 6.07) is 3.80. The molecule has 6 N–H and O–H groups in total. The Morgan fingerprint density at radius 1 is 1.37 bits per heavy atom. The van der Waals surface area contributed by atoms with Crippen LogP contribution in [0.1, 0.15) is 11.1 Å². The fourth-order valence-corrected chi connectivity index (χ4v) is 3.44. The van der Waals surface area contributed by atoms with E-state index >= 15 is 0 Å². The zero-order valence-electron chi connectivity index (χ0n) is 13.9. The minimum absolute atomic E-state index is 0.149. The quantitative estimate of drug-likeness (QED) is 0.285. The van der Waals surface area contributed by atoms with E-state index in [1.807, 2.05) is 17.5 Å². The fourth-order valence-electron chi connectivity index (χ4n) is 2.86. The number of hydrogen-bond acceptors (Lipinski definition) is 11. The first kappa shape index (κ1) is 17.8. The van der Waals surface area contributed by atoms with Gasteiger partial charge in [0.2, 0.25) is 5.95 Å². The second-order valence-corrected chi connectivity index (χ2v) is 6.83. The number of ether oxygens (including phenoxy) is 1. The van der Waals surface area contributed by atoms with E-state index in [4.69, 9.17) is 10.5 Å². The molecule has 12 heteroatoms. The molecule has 0 aliphatic carbocycles. The first-order valence-corrected chi connectivity index (χ1v) is 8.91. The van der Waals surface area contributed by atoms with Gasteiger partial charge in [0.25, 0.3) is 0 Å². The number of nitrogens with one attached hydrogen (secondary N) is 1. The van der Waals surface area contributed by atoms with Gasteiger partial charge < -0.3 is 25.8 Å². The summed E-state index contributed by atoms with van der Waals surface area (Å²) in [7, 11) is 0. The zero-order chi connectivity index (χ0) is 19.0. The topological polar surface area (TPSA) is 164 Å². The molecule has 0 aromatic carbocycles. The van der Waals surface area contributed by atoms with E-state index in [0.29, 0.717) is 11.2 Å². The molecular weight excluding hydrogens is 374 g/mol. The van der Waals surface area contributed by atoms with Crippen molar-refractivity contribution in [2.45, 2.75) is 24.5 Å². The second kappa shape index (κ2) is 7.17. The minimum Gasteiger partial charge on any atom is -0.394 e. The van der Waals surface area contributed by atoms with Gasteiger partial charge in [0.1, 0.15) is 24.6 Å². The molecule has 0 unspecified atom stereocenters. The van der Waals surface area contributed by atoms with Gasteiger partial charge in [-0.2, -0.15) is 5.10 Å². The molecule has 1 aliphatic heterocycles. The van der Waals surface area contributed by atoms with Crippen LogP contribution in [0.2, 0.25) is 0 Å². The summed E-state index contributed by atoms with van der Waals surface area (Å²) in [4.78, 5) is 13.3. The molecule has 3 aromatic heterocycles.